The molecular formula is C11H13ClFNO2. The molecule has 16 heavy (non-hydrogen) atoms. The minimum absolute atomic E-state index is 0.123. The number of ether oxygens (including phenoxy) is 1. The van der Waals surface area contributed by atoms with E-state index in [4.69, 9.17) is 16.3 Å². The fourth-order valence-corrected chi connectivity index (χ4v) is 1.48. The van der Waals surface area contributed by atoms with Crippen LogP contribution in [-0.4, -0.2) is 18.9 Å². The van der Waals surface area contributed by atoms with Gasteiger partial charge >= 0.3 is 0 Å². The first kappa shape index (κ1) is 12.8. The highest BCUT2D eigenvalue weighted by molar-refractivity contribution is 6.27. The quantitative estimate of drug-likeness (QED) is 0.827. The third kappa shape index (κ3) is 3.10. The maximum absolute atomic E-state index is 13.1. The number of carbonyl (C=O) groups is 1. The SMILES string of the molecule is COc1ccc(F)cc1C(C)NC(=O)CCl. The van der Waals surface area contributed by atoms with Crippen LogP contribution in [-0.2, 0) is 4.79 Å². The van der Waals surface area contributed by atoms with Crippen LogP contribution in [0.15, 0.2) is 18.2 Å². The largest absolute Gasteiger partial charge is 0.496 e. The van der Waals surface area contributed by atoms with E-state index in [2.05, 4.69) is 5.32 Å². The molecule has 0 saturated heterocycles. The molecule has 1 unspecified atom stereocenters. The Labute approximate surface area is 98.5 Å². The van der Waals surface area contributed by atoms with E-state index in [1.807, 2.05) is 0 Å². The molecule has 0 aromatic heterocycles. The Morgan fingerprint density at radius 2 is 2.31 bits per heavy atom. The Balaban J connectivity index is 2.92. The van der Waals surface area contributed by atoms with Crippen molar-refractivity contribution in [3.8, 4) is 5.75 Å². The molecule has 1 rings (SSSR count). The summed E-state index contributed by atoms with van der Waals surface area (Å²) < 4.78 is 18.2. The first-order valence-electron chi connectivity index (χ1n) is 4.77. The van der Waals surface area contributed by atoms with Gasteiger partial charge in [0.25, 0.3) is 0 Å². The lowest BCUT2D eigenvalue weighted by atomic mass is 10.1. The van der Waals surface area contributed by atoms with Gasteiger partial charge in [0, 0.05) is 5.56 Å². The van der Waals surface area contributed by atoms with Crippen molar-refractivity contribution in [2.45, 2.75) is 13.0 Å². The Morgan fingerprint density at radius 3 is 2.88 bits per heavy atom. The van der Waals surface area contributed by atoms with E-state index in [0.29, 0.717) is 11.3 Å². The molecule has 5 heteroatoms. The van der Waals surface area contributed by atoms with Crippen LogP contribution in [0.5, 0.6) is 5.75 Å². The normalized spacial score (nSPS) is 12.0. The van der Waals surface area contributed by atoms with Crippen LogP contribution in [0, 0.1) is 5.82 Å². The first-order valence-corrected chi connectivity index (χ1v) is 5.30. The first-order chi connectivity index (χ1) is 7.58. The summed E-state index contributed by atoms with van der Waals surface area (Å²) >= 11 is 5.37. The number of alkyl halides is 1. The monoisotopic (exact) mass is 245 g/mol. The van der Waals surface area contributed by atoms with Crippen molar-refractivity contribution in [3.63, 3.8) is 0 Å². The predicted octanol–water partition coefficient (Wildman–Crippen LogP) is 2.25. The van der Waals surface area contributed by atoms with Crippen LogP contribution in [0.2, 0.25) is 0 Å². The van der Waals surface area contributed by atoms with Gasteiger partial charge in [-0.05, 0) is 25.1 Å². The van der Waals surface area contributed by atoms with E-state index in [-0.39, 0.29) is 23.6 Å². The highest BCUT2D eigenvalue weighted by Crippen LogP contribution is 2.25. The van der Waals surface area contributed by atoms with E-state index in [0.717, 1.165) is 0 Å². The number of hydrogen-bond acceptors (Lipinski definition) is 2. The standard InChI is InChI=1S/C11H13ClFNO2/c1-7(14-11(15)6-12)9-5-8(13)3-4-10(9)16-2/h3-5,7H,6H2,1-2H3,(H,14,15). The van der Waals surface area contributed by atoms with Gasteiger partial charge < -0.3 is 10.1 Å². The Kier molecular flexibility index (Phi) is 4.55. The average Bonchev–Trinajstić information content (AvgIpc) is 2.28. The maximum atomic E-state index is 13.1. The molecule has 0 saturated carbocycles. The second kappa shape index (κ2) is 5.70. The van der Waals surface area contributed by atoms with Crippen molar-refractivity contribution >= 4 is 17.5 Å². The van der Waals surface area contributed by atoms with Crippen LogP contribution >= 0.6 is 11.6 Å². The Morgan fingerprint density at radius 1 is 1.62 bits per heavy atom. The van der Waals surface area contributed by atoms with Gasteiger partial charge in [-0.25, -0.2) is 4.39 Å². The fraction of sp³-hybridized carbons (Fsp3) is 0.364. The summed E-state index contributed by atoms with van der Waals surface area (Å²) in [6.45, 7) is 1.74. The number of methoxy groups -OCH3 is 1. The van der Waals surface area contributed by atoms with Crippen molar-refractivity contribution in [3.05, 3.63) is 29.6 Å². The lowest BCUT2D eigenvalue weighted by Crippen LogP contribution is -2.27. The van der Waals surface area contributed by atoms with E-state index < -0.39 is 0 Å². The van der Waals surface area contributed by atoms with E-state index in [9.17, 15) is 9.18 Å². The van der Waals surface area contributed by atoms with Crippen LogP contribution in [0.3, 0.4) is 0 Å². The van der Waals surface area contributed by atoms with Crippen molar-refractivity contribution in [2.24, 2.45) is 0 Å². The van der Waals surface area contributed by atoms with Gasteiger partial charge in [0.2, 0.25) is 5.91 Å². The predicted molar refractivity (Wildman–Crippen MR) is 60.2 cm³/mol. The lowest BCUT2D eigenvalue weighted by Gasteiger charge is -2.16. The molecular weight excluding hydrogens is 233 g/mol. The van der Waals surface area contributed by atoms with Gasteiger partial charge in [-0.3, -0.25) is 4.79 Å². The van der Waals surface area contributed by atoms with Crippen molar-refractivity contribution < 1.29 is 13.9 Å². The topological polar surface area (TPSA) is 38.3 Å². The van der Waals surface area contributed by atoms with Crippen LogP contribution in [0.25, 0.3) is 0 Å². The van der Waals surface area contributed by atoms with Crippen molar-refractivity contribution in [2.75, 3.05) is 13.0 Å². The molecule has 1 aromatic rings. The van der Waals surface area contributed by atoms with Gasteiger partial charge in [-0.2, -0.15) is 0 Å². The number of halogens is 2. The molecule has 1 N–H and O–H groups in total. The van der Waals surface area contributed by atoms with Crippen molar-refractivity contribution in [1.29, 1.82) is 0 Å². The van der Waals surface area contributed by atoms with Gasteiger partial charge in [0.05, 0.1) is 13.2 Å². The number of hydrogen-bond donors (Lipinski definition) is 1. The van der Waals surface area contributed by atoms with E-state index in [1.165, 1.54) is 25.3 Å². The zero-order chi connectivity index (χ0) is 12.1. The number of carbonyl (C=O) groups excluding carboxylic acids is 1. The molecule has 0 aliphatic rings. The minimum Gasteiger partial charge on any atom is -0.496 e. The maximum Gasteiger partial charge on any atom is 0.235 e. The summed E-state index contributed by atoms with van der Waals surface area (Å²) in [5, 5.41) is 2.63. The molecule has 0 aliphatic carbocycles. The molecule has 0 fully saturated rings. The fourth-order valence-electron chi connectivity index (χ4n) is 1.40. The molecule has 1 amide bonds. The smallest absolute Gasteiger partial charge is 0.235 e. The zero-order valence-corrected chi connectivity index (χ0v) is 9.84. The van der Waals surface area contributed by atoms with Crippen molar-refractivity contribution in [1.82, 2.24) is 5.32 Å². The van der Waals surface area contributed by atoms with Crippen LogP contribution < -0.4 is 10.1 Å². The van der Waals surface area contributed by atoms with Crippen LogP contribution in [0.1, 0.15) is 18.5 Å². The number of nitrogens with one attached hydrogen (secondary N) is 1. The lowest BCUT2D eigenvalue weighted by molar-refractivity contribution is -0.119. The van der Waals surface area contributed by atoms with Crippen LogP contribution in [0.4, 0.5) is 4.39 Å². The zero-order valence-electron chi connectivity index (χ0n) is 9.09. The average molecular weight is 246 g/mol. The van der Waals surface area contributed by atoms with Gasteiger partial charge in [0.1, 0.15) is 17.4 Å². The van der Waals surface area contributed by atoms with Gasteiger partial charge in [-0.1, -0.05) is 0 Å². The second-order valence-electron chi connectivity index (χ2n) is 3.31. The van der Waals surface area contributed by atoms with Gasteiger partial charge in [-0.15, -0.1) is 11.6 Å². The molecule has 0 bridgehead atoms. The summed E-state index contributed by atoms with van der Waals surface area (Å²) in [5.41, 5.74) is 0.584. The summed E-state index contributed by atoms with van der Waals surface area (Å²) in [6, 6.07) is 3.81. The third-order valence-electron chi connectivity index (χ3n) is 2.16. The summed E-state index contributed by atoms with van der Waals surface area (Å²) in [7, 11) is 1.49. The summed E-state index contributed by atoms with van der Waals surface area (Å²) in [4.78, 5) is 11.1. The minimum atomic E-state index is -0.372. The molecule has 0 spiro atoms. The number of amides is 1. The summed E-state index contributed by atoms with van der Waals surface area (Å²) in [6.07, 6.45) is 0. The molecule has 88 valence electrons. The molecule has 0 heterocycles. The van der Waals surface area contributed by atoms with E-state index in [1.54, 1.807) is 6.92 Å². The Hall–Kier alpha value is -1.29. The molecule has 3 nitrogen and oxygen atoms in total. The molecule has 0 radical (unpaired) electrons. The Bertz CT molecular complexity index is 384. The molecule has 0 aliphatic heterocycles. The number of benzene rings is 1. The summed E-state index contributed by atoms with van der Waals surface area (Å²) in [5.74, 6) is -0.269. The second-order valence-corrected chi connectivity index (χ2v) is 3.58. The number of rotatable bonds is 4. The molecule has 1 aromatic carbocycles. The highest BCUT2D eigenvalue weighted by atomic mass is 35.5. The third-order valence-corrected chi connectivity index (χ3v) is 2.40. The molecule has 1 atom stereocenters. The highest BCUT2D eigenvalue weighted by Gasteiger charge is 2.14. The van der Waals surface area contributed by atoms with Gasteiger partial charge in [0.15, 0.2) is 0 Å². The van der Waals surface area contributed by atoms with E-state index >= 15 is 0 Å².